The molecule has 0 N–H and O–H groups in total. The van der Waals surface area contributed by atoms with E-state index < -0.39 is 0 Å². The van der Waals surface area contributed by atoms with E-state index in [4.69, 9.17) is 9.47 Å². The van der Waals surface area contributed by atoms with E-state index in [-0.39, 0.29) is 5.97 Å². The van der Waals surface area contributed by atoms with Crippen LogP contribution < -0.4 is 4.74 Å². The Morgan fingerprint density at radius 2 is 1.93 bits per heavy atom. The van der Waals surface area contributed by atoms with Crippen molar-refractivity contribution in [2.75, 3.05) is 13.7 Å². The zero-order valence-electron chi connectivity index (χ0n) is 8.34. The van der Waals surface area contributed by atoms with Gasteiger partial charge in [-0.15, -0.1) is 0 Å². The summed E-state index contributed by atoms with van der Waals surface area (Å²) >= 11 is 4.37. The molecule has 0 saturated carbocycles. The Morgan fingerprint density at radius 1 is 1.33 bits per heavy atom. The van der Waals surface area contributed by atoms with E-state index in [2.05, 4.69) is 45.2 Å². The van der Waals surface area contributed by atoms with Gasteiger partial charge in [0.1, 0.15) is 11.3 Å². The summed E-state index contributed by atoms with van der Waals surface area (Å²) < 4.78 is 12.1. The largest absolute Gasteiger partial charge is 0.496 e. The summed E-state index contributed by atoms with van der Waals surface area (Å²) in [5.74, 6) is 0.210. The van der Waals surface area contributed by atoms with Crippen LogP contribution in [0.3, 0.4) is 0 Å². The molecule has 3 nitrogen and oxygen atoms in total. The minimum Gasteiger partial charge on any atom is -0.496 e. The molecule has 0 heterocycles. The first-order valence-corrected chi connectivity index (χ1v) is 6.46. The van der Waals surface area contributed by atoms with Crippen LogP contribution in [0, 0.1) is 7.14 Å². The molecule has 82 valence electrons. The number of methoxy groups -OCH3 is 1. The number of ether oxygens (including phenoxy) is 2. The van der Waals surface area contributed by atoms with Gasteiger partial charge in [-0.05, 0) is 64.2 Å². The summed E-state index contributed by atoms with van der Waals surface area (Å²) in [4.78, 5) is 11.6. The van der Waals surface area contributed by atoms with Crippen molar-refractivity contribution >= 4 is 51.2 Å². The Morgan fingerprint density at radius 3 is 2.47 bits per heavy atom. The third-order valence-corrected chi connectivity index (χ3v) is 4.55. The first kappa shape index (κ1) is 13.0. The van der Waals surface area contributed by atoms with E-state index in [1.54, 1.807) is 20.1 Å². The minimum absolute atomic E-state index is 0.344. The minimum atomic E-state index is -0.344. The number of halogens is 2. The first-order chi connectivity index (χ1) is 7.10. The normalized spacial score (nSPS) is 9.87. The summed E-state index contributed by atoms with van der Waals surface area (Å²) in [6, 6.07) is 3.60. The van der Waals surface area contributed by atoms with Crippen molar-refractivity contribution in [1.29, 1.82) is 0 Å². The number of rotatable bonds is 3. The molecule has 0 fully saturated rings. The predicted octanol–water partition coefficient (Wildman–Crippen LogP) is 3.08. The molecule has 0 bridgehead atoms. The van der Waals surface area contributed by atoms with Crippen LogP contribution in [0.25, 0.3) is 0 Å². The first-order valence-electron chi connectivity index (χ1n) is 4.30. The number of hydrogen-bond acceptors (Lipinski definition) is 3. The fourth-order valence-electron chi connectivity index (χ4n) is 1.07. The van der Waals surface area contributed by atoms with Gasteiger partial charge in [0, 0.05) is 7.14 Å². The Bertz CT molecular complexity index is 377. The third-order valence-electron chi connectivity index (χ3n) is 1.74. The highest BCUT2D eigenvalue weighted by molar-refractivity contribution is 14.1. The number of esters is 1. The maximum absolute atomic E-state index is 11.6. The molecule has 0 aliphatic heterocycles. The van der Waals surface area contributed by atoms with Crippen molar-refractivity contribution in [2.45, 2.75) is 6.92 Å². The van der Waals surface area contributed by atoms with Gasteiger partial charge in [-0.3, -0.25) is 0 Å². The molecule has 0 aliphatic rings. The predicted molar refractivity (Wildman–Crippen MR) is 74.4 cm³/mol. The zero-order chi connectivity index (χ0) is 11.4. The smallest absolute Gasteiger partial charge is 0.341 e. The van der Waals surface area contributed by atoms with E-state index in [1.807, 2.05) is 6.07 Å². The molecule has 0 aliphatic carbocycles. The van der Waals surface area contributed by atoms with Crippen molar-refractivity contribution in [2.24, 2.45) is 0 Å². The van der Waals surface area contributed by atoms with E-state index in [1.165, 1.54) is 0 Å². The van der Waals surface area contributed by atoms with E-state index in [0.717, 1.165) is 7.14 Å². The topological polar surface area (TPSA) is 35.5 Å². The number of hydrogen-bond donors (Lipinski definition) is 0. The second-order valence-corrected chi connectivity index (χ2v) is 5.01. The molecule has 1 aromatic carbocycles. The van der Waals surface area contributed by atoms with Gasteiger partial charge in [-0.25, -0.2) is 4.79 Å². The van der Waals surface area contributed by atoms with Gasteiger partial charge in [0.15, 0.2) is 0 Å². The summed E-state index contributed by atoms with van der Waals surface area (Å²) in [5.41, 5.74) is 0.476. The van der Waals surface area contributed by atoms with E-state index in [0.29, 0.717) is 17.9 Å². The molecular weight excluding hydrogens is 422 g/mol. The second kappa shape index (κ2) is 5.88. The quantitative estimate of drug-likeness (QED) is 0.545. The lowest BCUT2D eigenvalue weighted by Gasteiger charge is -2.09. The molecule has 1 rings (SSSR count). The van der Waals surface area contributed by atoms with Crippen molar-refractivity contribution in [3.8, 4) is 5.75 Å². The molecule has 0 spiro atoms. The fraction of sp³-hybridized carbons (Fsp3) is 0.300. The molecule has 5 heteroatoms. The molecule has 15 heavy (non-hydrogen) atoms. The lowest BCUT2D eigenvalue weighted by atomic mass is 10.2. The van der Waals surface area contributed by atoms with Crippen molar-refractivity contribution in [1.82, 2.24) is 0 Å². The maximum atomic E-state index is 11.6. The van der Waals surface area contributed by atoms with Gasteiger partial charge < -0.3 is 9.47 Å². The zero-order valence-corrected chi connectivity index (χ0v) is 12.7. The Balaban J connectivity index is 3.15. The fourth-order valence-corrected chi connectivity index (χ4v) is 1.97. The van der Waals surface area contributed by atoms with Crippen molar-refractivity contribution in [3.05, 3.63) is 24.8 Å². The highest BCUT2D eigenvalue weighted by atomic mass is 127. The SMILES string of the molecule is CCOC(=O)c1cc(I)c(I)cc1OC. The van der Waals surface area contributed by atoms with Gasteiger partial charge in [0.25, 0.3) is 0 Å². The standard InChI is InChI=1S/C10H10I2O3/c1-3-15-10(13)6-4-7(11)8(12)5-9(6)14-2/h4-5H,3H2,1-2H3. The Kier molecular flexibility index (Phi) is 5.10. The van der Waals surface area contributed by atoms with Gasteiger partial charge in [-0.2, -0.15) is 0 Å². The van der Waals surface area contributed by atoms with Gasteiger partial charge in [0.05, 0.1) is 13.7 Å². The molecule has 0 radical (unpaired) electrons. The summed E-state index contributed by atoms with van der Waals surface area (Å²) in [6.07, 6.45) is 0. The van der Waals surface area contributed by atoms with Gasteiger partial charge in [-0.1, -0.05) is 0 Å². The molecule has 0 amide bonds. The highest BCUT2D eigenvalue weighted by Crippen LogP contribution is 2.26. The van der Waals surface area contributed by atoms with E-state index >= 15 is 0 Å². The number of benzene rings is 1. The summed E-state index contributed by atoms with van der Waals surface area (Å²) in [6.45, 7) is 2.15. The van der Waals surface area contributed by atoms with Gasteiger partial charge in [0.2, 0.25) is 0 Å². The Hall–Kier alpha value is -0.0500. The average molecular weight is 432 g/mol. The number of carbonyl (C=O) groups excluding carboxylic acids is 1. The molecular formula is C10H10I2O3. The van der Waals surface area contributed by atoms with Crippen LogP contribution in [0.15, 0.2) is 12.1 Å². The van der Waals surface area contributed by atoms with Gasteiger partial charge >= 0.3 is 5.97 Å². The Labute approximate surface area is 116 Å². The van der Waals surface area contributed by atoms with Crippen LogP contribution in [0.5, 0.6) is 5.75 Å². The third kappa shape index (κ3) is 3.20. The average Bonchev–Trinajstić information content (AvgIpc) is 2.21. The number of carbonyl (C=O) groups is 1. The molecule has 0 aromatic heterocycles. The lowest BCUT2D eigenvalue weighted by Crippen LogP contribution is -2.07. The monoisotopic (exact) mass is 432 g/mol. The molecule has 0 atom stereocenters. The van der Waals surface area contributed by atoms with Crippen LogP contribution in [0.1, 0.15) is 17.3 Å². The van der Waals surface area contributed by atoms with Crippen LogP contribution in [-0.4, -0.2) is 19.7 Å². The van der Waals surface area contributed by atoms with Crippen LogP contribution >= 0.6 is 45.2 Å². The molecule has 0 saturated heterocycles. The summed E-state index contributed by atoms with van der Waals surface area (Å²) in [7, 11) is 1.54. The second-order valence-electron chi connectivity index (χ2n) is 2.69. The van der Waals surface area contributed by atoms with Crippen LogP contribution in [-0.2, 0) is 4.74 Å². The summed E-state index contributed by atoms with van der Waals surface area (Å²) in [5, 5.41) is 0. The van der Waals surface area contributed by atoms with E-state index in [9.17, 15) is 4.79 Å². The van der Waals surface area contributed by atoms with Crippen molar-refractivity contribution in [3.63, 3.8) is 0 Å². The lowest BCUT2D eigenvalue weighted by molar-refractivity contribution is 0.0522. The molecule has 1 aromatic rings. The van der Waals surface area contributed by atoms with Crippen molar-refractivity contribution < 1.29 is 14.3 Å². The molecule has 0 unspecified atom stereocenters. The maximum Gasteiger partial charge on any atom is 0.341 e. The van der Waals surface area contributed by atoms with Crippen LogP contribution in [0.2, 0.25) is 0 Å². The van der Waals surface area contributed by atoms with Crippen LogP contribution in [0.4, 0.5) is 0 Å². The highest BCUT2D eigenvalue weighted by Gasteiger charge is 2.15.